The summed E-state index contributed by atoms with van der Waals surface area (Å²) in [5.74, 6) is 0. The highest BCUT2D eigenvalue weighted by Gasteiger charge is 2.10. The SMILES string of the molecule is C=C(C)COCCC[SiH](OCC)OCC. The van der Waals surface area contributed by atoms with E-state index in [1.807, 2.05) is 20.8 Å². The maximum absolute atomic E-state index is 5.55. The van der Waals surface area contributed by atoms with Gasteiger partial charge in [0.15, 0.2) is 0 Å². The van der Waals surface area contributed by atoms with E-state index < -0.39 is 9.28 Å². The van der Waals surface area contributed by atoms with Crippen molar-refractivity contribution in [2.75, 3.05) is 26.4 Å². The van der Waals surface area contributed by atoms with E-state index in [4.69, 9.17) is 13.6 Å². The molecule has 0 rings (SSSR count). The van der Waals surface area contributed by atoms with Crippen molar-refractivity contribution in [3.8, 4) is 0 Å². The van der Waals surface area contributed by atoms with Crippen LogP contribution in [0.15, 0.2) is 12.2 Å². The second kappa shape index (κ2) is 10.4. The third kappa shape index (κ3) is 10.1. The van der Waals surface area contributed by atoms with Crippen LogP contribution < -0.4 is 0 Å². The first kappa shape index (κ1) is 14.8. The molecule has 3 nitrogen and oxygen atoms in total. The summed E-state index contributed by atoms with van der Waals surface area (Å²) >= 11 is 0. The third-order valence-electron chi connectivity index (χ3n) is 1.78. The lowest BCUT2D eigenvalue weighted by molar-refractivity contribution is 0.151. The van der Waals surface area contributed by atoms with Crippen LogP contribution >= 0.6 is 0 Å². The van der Waals surface area contributed by atoms with Crippen LogP contribution in [-0.4, -0.2) is 35.7 Å². The minimum Gasteiger partial charge on any atom is -0.397 e. The molecule has 0 saturated carbocycles. The standard InChI is InChI=1S/C11H24O3Si/c1-5-13-15(14-6-2)9-7-8-12-10-11(3)4/h15H,3,5-10H2,1-2,4H3. The van der Waals surface area contributed by atoms with Gasteiger partial charge in [0.25, 0.3) is 0 Å². The summed E-state index contributed by atoms with van der Waals surface area (Å²) in [6.07, 6.45) is 1.02. The molecule has 0 aliphatic carbocycles. The molecular formula is C11H24O3Si. The molecule has 0 amide bonds. The van der Waals surface area contributed by atoms with Gasteiger partial charge in [-0.05, 0) is 33.2 Å². The van der Waals surface area contributed by atoms with Crippen molar-refractivity contribution in [3.05, 3.63) is 12.2 Å². The Morgan fingerprint density at radius 2 is 1.80 bits per heavy atom. The number of ether oxygens (including phenoxy) is 1. The third-order valence-corrected chi connectivity index (χ3v) is 4.07. The highest BCUT2D eigenvalue weighted by molar-refractivity contribution is 6.44. The van der Waals surface area contributed by atoms with Gasteiger partial charge in [-0.3, -0.25) is 0 Å². The predicted octanol–water partition coefficient (Wildman–Crippen LogP) is 2.26. The van der Waals surface area contributed by atoms with Gasteiger partial charge in [0.05, 0.1) is 6.61 Å². The summed E-state index contributed by atoms with van der Waals surface area (Å²) in [6, 6.07) is 1.03. The van der Waals surface area contributed by atoms with Crippen molar-refractivity contribution in [2.45, 2.75) is 33.2 Å². The topological polar surface area (TPSA) is 27.7 Å². The van der Waals surface area contributed by atoms with E-state index in [9.17, 15) is 0 Å². The van der Waals surface area contributed by atoms with Crippen LogP contribution in [0, 0.1) is 0 Å². The molecule has 0 aromatic heterocycles. The zero-order valence-electron chi connectivity index (χ0n) is 10.3. The largest absolute Gasteiger partial charge is 0.397 e. The van der Waals surface area contributed by atoms with Crippen molar-refractivity contribution >= 4 is 9.28 Å². The zero-order chi connectivity index (χ0) is 11.5. The molecule has 0 aliphatic rings. The molecule has 0 fully saturated rings. The lowest BCUT2D eigenvalue weighted by atomic mass is 10.4. The fraction of sp³-hybridized carbons (Fsp3) is 0.818. The van der Waals surface area contributed by atoms with Gasteiger partial charge >= 0.3 is 9.28 Å². The maximum Gasteiger partial charge on any atom is 0.321 e. The van der Waals surface area contributed by atoms with E-state index in [0.29, 0.717) is 6.61 Å². The summed E-state index contributed by atoms with van der Waals surface area (Å²) in [4.78, 5) is 0. The van der Waals surface area contributed by atoms with Crippen LogP contribution in [0.4, 0.5) is 0 Å². The van der Waals surface area contributed by atoms with E-state index in [-0.39, 0.29) is 0 Å². The molecule has 0 radical (unpaired) electrons. The Morgan fingerprint density at radius 3 is 2.27 bits per heavy atom. The van der Waals surface area contributed by atoms with Crippen LogP contribution in [0.25, 0.3) is 0 Å². The fourth-order valence-electron chi connectivity index (χ4n) is 1.19. The first-order valence-corrected chi connectivity index (χ1v) is 7.41. The average molecular weight is 232 g/mol. The Bertz CT molecular complexity index is 156. The van der Waals surface area contributed by atoms with Crippen LogP contribution in [0.5, 0.6) is 0 Å². The average Bonchev–Trinajstić information content (AvgIpc) is 2.17. The summed E-state index contributed by atoms with van der Waals surface area (Å²) in [7, 11) is -1.40. The smallest absolute Gasteiger partial charge is 0.321 e. The van der Waals surface area contributed by atoms with Gasteiger partial charge < -0.3 is 13.6 Å². The fourth-order valence-corrected chi connectivity index (χ4v) is 2.86. The first-order chi connectivity index (χ1) is 7.20. The van der Waals surface area contributed by atoms with E-state index in [1.165, 1.54) is 0 Å². The lowest BCUT2D eigenvalue weighted by Gasteiger charge is -2.14. The van der Waals surface area contributed by atoms with Gasteiger partial charge in [0, 0.05) is 19.8 Å². The highest BCUT2D eigenvalue weighted by atomic mass is 28.3. The van der Waals surface area contributed by atoms with Gasteiger partial charge in [-0.2, -0.15) is 0 Å². The van der Waals surface area contributed by atoms with Gasteiger partial charge in [0.2, 0.25) is 0 Å². The molecule has 0 aromatic rings. The minimum absolute atomic E-state index is 0.662. The summed E-state index contributed by atoms with van der Waals surface area (Å²) in [5, 5.41) is 0. The molecule has 0 bridgehead atoms. The second-order valence-electron chi connectivity index (χ2n) is 3.49. The van der Waals surface area contributed by atoms with E-state index in [0.717, 1.165) is 37.9 Å². The van der Waals surface area contributed by atoms with Crippen LogP contribution in [0.3, 0.4) is 0 Å². The van der Waals surface area contributed by atoms with Gasteiger partial charge in [0.1, 0.15) is 0 Å². The van der Waals surface area contributed by atoms with Crippen molar-refractivity contribution < 1.29 is 13.6 Å². The van der Waals surface area contributed by atoms with Crippen molar-refractivity contribution in [3.63, 3.8) is 0 Å². The van der Waals surface area contributed by atoms with Gasteiger partial charge in [-0.1, -0.05) is 12.2 Å². The van der Waals surface area contributed by atoms with Gasteiger partial charge in [-0.15, -0.1) is 0 Å². The van der Waals surface area contributed by atoms with Crippen LogP contribution in [0.2, 0.25) is 6.04 Å². The molecule has 0 atom stereocenters. The maximum atomic E-state index is 5.55. The van der Waals surface area contributed by atoms with Crippen molar-refractivity contribution in [2.24, 2.45) is 0 Å². The molecule has 4 heteroatoms. The number of rotatable bonds is 10. The molecule has 0 aliphatic heterocycles. The Labute approximate surface area is 95.3 Å². The Morgan fingerprint density at radius 1 is 1.20 bits per heavy atom. The molecule has 90 valence electrons. The highest BCUT2D eigenvalue weighted by Crippen LogP contribution is 2.02. The van der Waals surface area contributed by atoms with E-state index >= 15 is 0 Å². The quantitative estimate of drug-likeness (QED) is 0.328. The molecule has 0 spiro atoms. The van der Waals surface area contributed by atoms with E-state index in [1.54, 1.807) is 0 Å². The zero-order valence-corrected chi connectivity index (χ0v) is 11.4. The van der Waals surface area contributed by atoms with Crippen molar-refractivity contribution in [1.29, 1.82) is 0 Å². The molecule has 0 saturated heterocycles. The predicted molar refractivity (Wildman–Crippen MR) is 65.5 cm³/mol. The van der Waals surface area contributed by atoms with Crippen LogP contribution in [0.1, 0.15) is 27.2 Å². The first-order valence-electron chi connectivity index (χ1n) is 5.66. The second-order valence-corrected chi connectivity index (χ2v) is 5.60. The molecule has 0 unspecified atom stereocenters. The molecule has 0 aromatic carbocycles. The monoisotopic (exact) mass is 232 g/mol. The molecular weight excluding hydrogens is 208 g/mol. The molecule has 15 heavy (non-hydrogen) atoms. The Kier molecular flexibility index (Phi) is 10.2. The van der Waals surface area contributed by atoms with Crippen molar-refractivity contribution in [1.82, 2.24) is 0 Å². The normalized spacial score (nSPS) is 10.9. The van der Waals surface area contributed by atoms with Gasteiger partial charge in [-0.25, -0.2) is 0 Å². The molecule has 0 heterocycles. The Balaban J connectivity index is 3.39. The number of hydrogen-bond donors (Lipinski definition) is 0. The minimum atomic E-state index is -1.40. The van der Waals surface area contributed by atoms with E-state index in [2.05, 4.69) is 6.58 Å². The molecule has 0 N–H and O–H groups in total. The lowest BCUT2D eigenvalue weighted by Crippen LogP contribution is -2.23. The summed E-state index contributed by atoms with van der Waals surface area (Å²) in [5.41, 5.74) is 1.07. The Hall–Kier alpha value is -0.163. The summed E-state index contributed by atoms with van der Waals surface area (Å²) in [6.45, 7) is 12.7. The summed E-state index contributed by atoms with van der Waals surface area (Å²) < 4.78 is 16.5. The van der Waals surface area contributed by atoms with Crippen LogP contribution in [-0.2, 0) is 13.6 Å². The number of hydrogen-bond acceptors (Lipinski definition) is 3.